The first kappa shape index (κ1) is 9.60. The molecule has 0 saturated heterocycles. The van der Waals surface area contributed by atoms with Crippen molar-refractivity contribution in [1.29, 1.82) is 0 Å². The average Bonchev–Trinajstić information content (AvgIpc) is 2.47. The van der Waals surface area contributed by atoms with E-state index in [4.69, 9.17) is 5.73 Å². The molecule has 0 aromatic carbocycles. The number of fused-ring (bicyclic) bond motifs is 1. The Morgan fingerprint density at radius 1 is 1.36 bits per heavy atom. The highest BCUT2D eigenvalue weighted by Crippen LogP contribution is 2.10. The van der Waals surface area contributed by atoms with E-state index in [2.05, 4.69) is 10.2 Å². The molecular weight excluding hydrogens is 204 g/mol. The Labute approximate surface area is 82.0 Å². The minimum atomic E-state index is -2.91. The average molecular weight is 216 g/mol. The van der Waals surface area contributed by atoms with E-state index in [1.807, 2.05) is 4.57 Å². The smallest absolute Gasteiger partial charge is 0.152 e. The molecule has 0 saturated carbocycles. The molecule has 2 rings (SSSR count). The molecule has 0 fully saturated rings. The highest BCUT2D eigenvalue weighted by molar-refractivity contribution is 7.91. The fraction of sp³-hybridized carbons (Fsp3) is 0.714. The molecule has 1 aromatic heterocycles. The highest BCUT2D eigenvalue weighted by Gasteiger charge is 2.21. The van der Waals surface area contributed by atoms with Gasteiger partial charge >= 0.3 is 0 Å². The highest BCUT2D eigenvalue weighted by atomic mass is 32.2. The first-order chi connectivity index (χ1) is 6.62. The molecule has 1 aromatic rings. The lowest BCUT2D eigenvalue weighted by atomic mass is 10.4. The van der Waals surface area contributed by atoms with Gasteiger partial charge in [0, 0.05) is 13.0 Å². The molecule has 0 spiro atoms. The van der Waals surface area contributed by atoms with E-state index in [0.29, 0.717) is 25.3 Å². The van der Waals surface area contributed by atoms with E-state index in [9.17, 15) is 8.42 Å². The van der Waals surface area contributed by atoms with Crippen molar-refractivity contribution in [2.24, 2.45) is 5.73 Å². The first-order valence-corrected chi connectivity index (χ1v) is 6.26. The molecule has 2 heterocycles. The Morgan fingerprint density at radius 2 is 2.14 bits per heavy atom. The number of nitrogens with two attached hydrogens (primary N) is 1. The minimum Gasteiger partial charge on any atom is -0.324 e. The van der Waals surface area contributed by atoms with Gasteiger partial charge in [0.05, 0.1) is 18.1 Å². The topological polar surface area (TPSA) is 90.9 Å². The molecular formula is C7H12N4O2S. The summed E-state index contributed by atoms with van der Waals surface area (Å²) in [6.45, 7) is 0.726. The maximum Gasteiger partial charge on any atom is 0.152 e. The molecule has 0 unspecified atom stereocenters. The van der Waals surface area contributed by atoms with Crippen LogP contribution in [-0.2, 0) is 29.3 Å². The molecule has 0 radical (unpaired) electrons. The third kappa shape index (κ3) is 1.64. The summed E-state index contributed by atoms with van der Waals surface area (Å²) in [5.41, 5.74) is 5.46. The van der Waals surface area contributed by atoms with E-state index in [1.54, 1.807) is 0 Å². The lowest BCUT2D eigenvalue weighted by molar-refractivity contribution is 0.591. The van der Waals surface area contributed by atoms with Crippen LogP contribution < -0.4 is 5.73 Å². The second kappa shape index (κ2) is 3.32. The van der Waals surface area contributed by atoms with Crippen molar-refractivity contribution >= 4 is 9.84 Å². The van der Waals surface area contributed by atoms with Crippen LogP contribution in [0.1, 0.15) is 11.6 Å². The van der Waals surface area contributed by atoms with E-state index in [1.165, 1.54) is 0 Å². The second-order valence-electron chi connectivity index (χ2n) is 3.29. The molecule has 0 aliphatic carbocycles. The molecule has 2 N–H and O–H groups in total. The van der Waals surface area contributed by atoms with E-state index in [-0.39, 0.29) is 11.5 Å². The SMILES string of the molecule is NCc1nnc2n1CCS(=O)(=O)CC2. The third-order valence-corrected chi connectivity index (χ3v) is 3.98. The summed E-state index contributed by atoms with van der Waals surface area (Å²) in [5, 5.41) is 7.82. The molecule has 1 aliphatic heterocycles. The van der Waals surface area contributed by atoms with Gasteiger partial charge in [0.15, 0.2) is 9.84 Å². The summed E-state index contributed by atoms with van der Waals surface area (Å²) in [6.07, 6.45) is 0.440. The summed E-state index contributed by atoms with van der Waals surface area (Å²) in [7, 11) is -2.91. The van der Waals surface area contributed by atoms with Gasteiger partial charge in [0.2, 0.25) is 0 Å². The summed E-state index contributed by atoms with van der Waals surface area (Å²) in [6, 6.07) is 0. The Kier molecular flexibility index (Phi) is 2.28. The predicted molar refractivity (Wildman–Crippen MR) is 50.3 cm³/mol. The number of aryl methyl sites for hydroxylation is 1. The summed E-state index contributed by atoms with van der Waals surface area (Å²) < 4.78 is 24.5. The van der Waals surface area contributed by atoms with Crippen LogP contribution in [0.25, 0.3) is 0 Å². The summed E-state index contributed by atoms with van der Waals surface area (Å²) >= 11 is 0. The summed E-state index contributed by atoms with van der Waals surface area (Å²) in [5.74, 6) is 1.71. The zero-order valence-corrected chi connectivity index (χ0v) is 8.50. The normalized spacial score (nSPS) is 20.1. The number of aromatic nitrogens is 3. The van der Waals surface area contributed by atoms with Crippen LogP contribution >= 0.6 is 0 Å². The standard InChI is InChI=1S/C7H12N4O2S/c8-5-7-10-9-6-1-3-14(12,13)4-2-11(6)7/h1-5,8H2. The molecule has 0 bridgehead atoms. The zero-order valence-electron chi connectivity index (χ0n) is 7.68. The van der Waals surface area contributed by atoms with Gasteiger partial charge in [-0.25, -0.2) is 8.42 Å². The van der Waals surface area contributed by atoms with Crippen molar-refractivity contribution in [2.75, 3.05) is 11.5 Å². The Morgan fingerprint density at radius 3 is 2.86 bits per heavy atom. The quantitative estimate of drug-likeness (QED) is 0.630. The van der Waals surface area contributed by atoms with Gasteiger partial charge < -0.3 is 10.3 Å². The fourth-order valence-electron chi connectivity index (χ4n) is 1.55. The van der Waals surface area contributed by atoms with Gasteiger partial charge in [-0.2, -0.15) is 0 Å². The number of rotatable bonds is 1. The predicted octanol–water partition coefficient (Wildman–Crippen LogP) is -1.29. The molecule has 78 valence electrons. The molecule has 14 heavy (non-hydrogen) atoms. The zero-order chi connectivity index (χ0) is 10.2. The van der Waals surface area contributed by atoms with Crippen molar-refractivity contribution in [1.82, 2.24) is 14.8 Å². The van der Waals surface area contributed by atoms with E-state index >= 15 is 0 Å². The van der Waals surface area contributed by atoms with Crippen LogP contribution in [0.15, 0.2) is 0 Å². The largest absolute Gasteiger partial charge is 0.324 e. The van der Waals surface area contributed by atoms with Gasteiger partial charge in [-0.3, -0.25) is 0 Å². The molecule has 0 atom stereocenters. The lowest BCUT2D eigenvalue weighted by Crippen LogP contribution is -2.14. The van der Waals surface area contributed by atoms with Crippen LogP contribution in [0.2, 0.25) is 0 Å². The maximum atomic E-state index is 11.3. The maximum absolute atomic E-state index is 11.3. The minimum absolute atomic E-state index is 0.158. The number of hydrogen-bond donors (Lipinski definition) is 1. The van der Waals surface area contributed by atoms with Gasteiger partial charge in [-0.05, 0) is 0 Å². The van der Waals surface area contributed by atoms with E-state index < -0.39 is 9.84 Å². The second-order valence-corrected chi connectivity index (χ2v) is 5.59. The molecule has 6 nitrogen and oxygen atoms in total. The fourth-order valence-corrected chi connectivity index (χ4v) is 2.70. The molecule has 0 amide bonds. The van der Waals surface area contributed by atoms with Crippen LogP contribution in [0.4, 0.5) is 0 Å². The van der Waals surface area contributed by atoms with E-state index in [0.717, 1.165) is 5.82 Å². The van der Waals surface area contributed by atoms with Gasteiger partial charge in [0.1, 0.15) is 11.6 Å². The van der Waals surface area contributed by atoms with Gasteiger partial charge in [-0.1, -0.05) is 0 Å². The Bertz CT molecular complexity index is 437. The number of nitrogens with zero attached hydrogens (tertiary/aromatic N) is 3. The number of sulfone groups is 1. The van der Waals surface area contributed by atoms with Crippen molar-refractivity contribution in [2.45, 2.75) is 19.5 Å². The Hall–Kier alpha value is -0.950. The van der Waals surface area contributed by atoms with Crippen LogP contribution in [-0.4, -0.2) is 34.7 Å². The monoisotopic (exact) mass is 216 g/mol. The van der Waals surface area contributed by atoms with Crippen molar-refractivity contribution in [3.8, 4) is 0 Å². The van der Waals surface area contributed by atoms with Gasteiger partial charge in [-0.15, -0.1) is 10.2 Å². The van der Waals surface area contributed by atoms with Crippen molar-refractivity contribution < 1.29 is 8.42 Å². The summed E-state index contributed by atoms with van der Waals surface area (Å²) in [4.78, 5) is 0. The molecule has 1 aliphatic rings. The number of hydrogen-bond acceptors (Lipinski definition) is 5. The first-order valence-electron chi connectivity index (χ1n) is 4.44. The van der Waals surface area contributed by atoms with Crippen LogP contribution in [0, 0.1) is 0 Å². The van der Waals surface area contributed by atoms with Gasteiger partial charge in [0.25, 0.3) is 0 Å². The lowest BCUT2D eigenvalue weighted by Gasteiger charge is -2.03. The third-order valence-electron chi connectivity index (χ3n) is 2.35. The van der Waals surface area contributed by atoms with Crippen molar-refractivity contribution in [3.05, 3.63) is 11.6 Å². The van der Waals surface area contributed by atoms with Crippen LogP contribution in [0.3, 0.4) is 0 Å². The van der Waals surface area contributed by atoms with Crippen molar-refractivity contribution in [3.63, 3.8) is 0 Å². The molecule has 7 heteroatoms. The Balaban J connectivity index is 2.35. The van der Waals surface area contributed by atoms with Crippen LogP contribution in [0.5, 0.6) is 0 Å².